The number of aryl methyl sites for hydroxylation is 2. The van der Waals surface area contributed by atoms with E-state index in [0.717, 1.165) is 40.8 Å². The number of hydrogen-bond donors (Lipinski definition) is 2. The lowest BCUT2D eigenvalue weighted by molar-refractivity contribution is -0.274. The summed E-state index contributed by atoms with van der Waals surface area (Å²) in [6.45, 7) is 6.45. The lowest BCUT2D eigenvalue weighted by Crippen LogP contribution is -2.36. The van der Waals surface area contributed by atoms with Gasteiger partial charge in [0.1, 0.15) is 18.3 Å². The molecule has 0 spiro atoms. The third-order valence-corrected chi connectivity index (χ3v) is 8.22. The number of amidine groups is 1. The lowest BCUT2D eigenvalue weighted by atomic mass is 10.00. The fourth-order valence-corrected chi connectivity index (χ4v) is 5.87. The monoisotopic (exact) mass is 638 g/mol. The van der Waals surface area contributed by atoms with Gasteiger partial charge >= 0.3 is 12.4 Å². The molecular weight excluding hydrogens is 605 g/mol. The molecule has 0 radical (unpaired) electrons. The van der Waals surface area contributed by atoms with Crippen molar-refractivity contribution in [1.29, 1.82) is 0 Å². The molecule has 13 heteroatoms. The number of nitrogens with one attached hydrogen (secondary N) is 1. The zero-order valence-electron chi connectivity index (χ0n) is 25.0. The number of amides is 2. The molecule has 3 aromatic carbocycles. The molecule has 2 heterocycles. The Morgan fingerprint density at radius 2 is 1.89 bits per heavy atom. The van der Waals surface area contributed by atoms with Crippen LogP contribution in [0, 0.1) is 6.92 Å². The summed E-state index contributed by atoms with van der Waals surface area (Å²) in [6.07, 6.45) is -2.23. The van der Waals surface area contributed by atoms with Gasteiger partial charge in [-0.3, -0.25) is 4.90 Å². The SMILES string of the molecule is CCCc1ccc(C)cc1N1/C(=N/C(=O)NCC(C)c2ccc(-c3ncn(-c4ccc(OC(F)(F)F)cc4)n3)cc2)SCC1O. The minimum Gasteiger partial charge on any atom is -0.406 e. The number of thioether (sulfide) groups is 1. The van der Waals surface area contributed by atoms with Crippen molar-refractivity contribution in [2.75, 3.05) is 17.2 Å². The van der Waals surface area contributed by atoms with Gasteiger partial charge in [-0.2, -0.15) is 4.99 Å². The lowest BCUT2D eigenvalue weighted by Gasteiger charge is -2.25. The maximum absolute atomic E-state index is 12.8. The molecule has 4 aromatic rings. The van der Waals surface area contributed by atoms with Crippen molar-refractivity contribution >= 4 is 28.6 Å². The Morgan fingerprint density at radius 1 is 1.16 bits per heavy atom. The van der Waals surface area contributed by atoms with Crippen LogP contribution < -0.4 is 15.0 Å². The maximum atomic E-state index is 12.8. The normalized spacial score (nSPS) is 16.6. The highest BCUT2D eigenvalue weighted by Crippen LogP contribution is 2.33. The van der Waals surface area contributed by atoms with E-state index in [0.29, 0.717) is 29.0 Å². The molecule has 1 aliphatic rings. The zero-order valence-corrected chi connectivity index (χ0v) is 25.8. The Kier molecular flexibility index (Phi) is 9.78. The van der Waals surface area contributed by atoms with Crippen LogP contribution in [0.25, 0.3) is 17.1 Å². The van der Waals surface area contributed by atoms with Crippen molar-refractivity contribution in [1.82, 2.24) is 20.1 Å². The van der Waals surface area contributed by atoms with Gasteiger partial charge in [0, 0.05) is 23.5 Å². The molecule has 2 amide bonds. The number of nitrogens with zero attached hydrogens (tertiary/aromatic N) is 5. The number of aliphatic hydroxyl groups is 1. The average molecular weight is 639 g/mol. The molecule has 1 saturated heterocycles. The van der Waals surface area contributed by atoms with Crippen LogP contribution in [0.3, 0.4) is 0 Å². The van der Waals surface area contributed by atoms with E-state index in [1.807, 2.05) is 50.2 Å². The standard InChI is InChI=1S/C32H33F3N6O3S/c1-4-5-23-7-6-20(2)16-27(23)41-28(42)18-45-31(41)38-30(43)36-17-21(3)22-8-10-24(11-9-22)29-37-19-40(39-29)25-12-14-26(15-13-25)44-32(33,34)35/h6-16,19,21,28,42H,4-5,17-18H2,1-3H3,(H,36,43)/b38-31-. The van der Waals surface area contributed by atoms with E-state index in [1.54, 1.807) is 4.90 Å². The number of hydrogen-bond acceptors (Lipinski definition) is 6. The first-order valence-electron chi connectivity index (χ1n) is 14.4. The molecule has 45 heavy (non-hydrogen) atoms. The third-order valence-electron chi connectivity index (χ3n) is 7.21. The minimum atomic E-state index is -4.76. The van der Waals surface area contributed by atoms with Gasteiger partial charge in [0.05, 0.1) is 5.69 Å². The van der Waals surface area contributed by atoms with Crippen LogP contribution in [0.1, 0.15) is 42.9 Å². The summed E-state index contributed by atoms with van der Waals surface area (Å²) < 4.78 is 42.6. The fraction of sp³-hybridized carbons (Fsp3) is 0.312. The first kappa shape index (κ1) is 32.0. The molecule has 0 aliphatic carbocycles. The summed E-state index contributed by atoms with van der Waals surface area (Å²) in [5, 5.41) is 18.5. The summed E-state index contributed by atoms with van der Waals surface area (Å²) in [5.74, 6) is 0.536. The van der Waals surface area contributed by atoms with E-state index in [9.17, 15) is 23.1 Å². The highest BCUT2D eigenvalue weighted by Gasteiger charge is 2.32. The summed E-state index contributed by atoms with van der Waals surface area (Å²) in [6, 6.07) is 18.6. The first-order valence-corrected chi connectivity index (χ1v) is 15.4. The van der Waals surface area contributed by atoms with Crippen LogP contribution in [0.2, 0.25) is 0 Å². The molecule has 9 nitrogen and oxygen atoms in total. The quantitative estimate of drug-likeness (QED) is 0.207. The Balaban J connectivity index is 1.20. The van der Waals surface area contributed by atoms with Crippen LogP contribution in [-0.2, 0) is 6.42 Å². The number of urea groups is 1. The molecule has 0 saturated carbocycles. The zero-order chi connectivity index (χ0) is 32.1. The summed E-state index contributed by atoms with van der Waals surface area (Å²) in [7, 11) is 0. The highest BCUT2D eigenvalue weighted by molar-refractivity contribution is 8.14. The third kappa shape index (κ3) is 8.03. The van der Waals surface area contributed by atoms with Crippen LogP contribution in [0.15, 0.2) is 78.0 Å². The fourth-order valence-electron chi connectivity index (χ4n) is 4.91. The van der Waals surface area contributed by atoms with E-state index in [2.05, 4.69) is 38.1 Å². The number of aromatic nitrogens is 3. The van der Waals surface area contributed by atoms with Gasteiger partial charge in [-0.1, -0.05) is 68.4 Å². The first-order chi connectivity index (χ1) is 21.5. The van der Waals surface area contributed by atoms with E-state index in [-0.39, 0.29) is 11.7 Å². The number of alkyl halides is 3. The number of anilines is 1. The number of benzene rings is 3. The number of aliphatic imine (C=N–C) groups is 1. The molecule has 236 valence electrons. The predicted octanol–water partition coefficient (Wildman–Crippen LogP) is 6.83. The number of carbonyl (C=O) groups excluding carboxylic acids is 1. The van der Waals surface area contributed by atoms with E-state index >= 15 is 0 Å². The van der Waals surface area contributed by atoms with Crippen LogP contribution in [-0.4, -0.2) is 56.0 Å². The van der Waals surface area contributed by atoms with Crippen molar-refractivity contribution in [2.24, 2.45) is 4.99 Å². The molecule has 1 aliphatic heterocycles. The van der Waals surface area contributed by atoms with Crippen LogP contribution in [0.5, 0.6) is 5.75 Å². The van der Waals surface area contributed by atoms with Gasteiger partial charge in [0.15, 0.2) is 11.0 Å². The Hall–Kier alpha value is -4.36. The maximum Gasteiger partial charge on any atom is 0.573 e. The van der Waals surface area contributed by atoms with Gasteiger partial charge in [0.2, 0.25) is 0 Å². The Morgan fingerprint density at radius 3 is 2.58 bits per heavy atom. The number of ether oxygens (including phenoxy) is 1. The van der Waals surface area contributed by atoms with Crippen LogP contribution >= 0.6 is 11.8 Å². The topological polar surface area (TPSA) is 105 Å². The molecule has 0 bridgehead atoms. The predicted molar refractivity (Wildman–Crippen MR) is 169 cm³/mol. The molecule has 2 N–H and O–H groups in total. The van der Waals surface area contributed by atoms with Gasteiger partial charge < -0.3 is 15.2 Å². The van der Waals surface area contributed by atoms with Crippen molar-refractivity contribution in [2.45, 2.75) is 52.1 Å². The van der Waals surface area contributed by atoms with Crippen molar-refractivity contribution < 1.29 is 27.8 Å². The summed E-state index contributed by atoms with van der Waals surface area (Å²) >= 11 is 1.35. The van der Waals surface area contributed by atoms with Gasteiger partial charge in [-0.25, -0.2) is 14.5 Å². The summed E-state index contributed by atoms with van der Waals surface area (Å²) in [5.41, 5.74) is 5.32. The molecular formula is C32H33F3N6O3S. The molecule has 1 fully saturated rings. The molecule has 2 unspecified atom stereocenters. The van der Waals surface area contributed by atoms with Crippen LogP contribution in [0.4, 0.5) is 23.7 Å². The second-order valence-electron chi connectivity index (χ2n) is 10.7. The Bertz CT molecular complexity index is 1660. The molecule has 5 rings (SSSR count). The van der Waals surface area contributed by atoms with Crippen molar-refractivity contribution in [3.05, 3.63) is 89.7 Å². The molecule has 1 aromatic heterocycles. The number of rotatable bonds is 9. The number of carbonyl (C=O) groups is 1. The number of halogens is 3. The van der Waals surface area contributed by atoms with E-state index < -0.39 is 18.6 Å². The average Bonchev–Trinajstić information content (AvgIpc) is 3.64. The largest absolute Gasteiger partial charge is 0.573 e. The van der Waals surface area contributed by atoms with Gasteiger partial charge in [-0.15, -0.1) is 18.3 Å². The minimum absolute atomic E-state index is 0.0167. The van der Waals surface area contributed by atoms with E-state index in [4.69, 9.17) is 0 Å². The van der Waals surface area contributed by atoms with Gasteiger partial charge in [-0.05, 0) is 66.3 Å². The molecule has 2 atom stereocenters. The van der Waals surface area contributed by atoms with Gasteiger partial charge in [0.25, 0.3) is 0 Å². The Labute approximate surface area is 263 Å². The number of aliphatic hydroxyl groups excluding tert-OH is 1. The highest BCUT2D eigenvalue weighted by atomic mass is 32.2. The van der Waals surface area contributed by atoms with E-state index in [1.165, 1.54) is 47.0 Å². The second-order valence-corrected chi connectivity index (χ2v) is 11.7. The summed E-state index contributed by atoms with van der Waals surface area (Å²) in [4.78, 5) is 23.2. The second kappa shape index (κ2) is 13.7. The van der Waals surface area contributed by atoms with Crippen molar-refractivity contribution in [3.8, 4) is 22.8 Å². The van der Waals surface area contributed by atoms with Crippen molar-refractivity contribution in [3.63, 3.8) is 0 Å². The smallest absolute Gasteiger partial charge is 0.406 e.